The van der Waals surface area contributed by atoms with Crippen LogP contribution in [0.2, 0.25) is 0 Å². The smallest absolute Gasteiger partial charge is 0.253 e. The summed E-state index contributed by atoms with van der Waals surface area (Å²) in [6, 6.07) is 3.39. The third kappa shape index (κ3) is 3.01. The number of aromatic nitrogens is 1. The van der Waals surface area contributed by atoms with Crippen LogP contribution in [0.5, 0.6) is 0 Å². The average Bonchev–Trinajstić information content (AvgIpc) is 2.77. The monoisotopic (exact) mass is 236 g/mol. The normalized spacial score (nSPS) is 23.6. The number of nitrogens with zero attached hydrogens (tertiary/aromatic N) is 1. The Bertz CT molecular complexity index is 391. The van der Waals surface area contributed by atoms with Crippen molar-refractivity contribution in [3.05, 3.63) is 24.0 Å². The average molecular weight is 236 g/mol. The molecule has 0 spiro atoms. The number of hydrogen-bond acceptors (Lipinski definition) is 4. The molecule has 2 heterocycles. The van der Waals surface area contributed by atoms with Gasteiger partial charge in [0.05, 0.1) is 30.3 Å². The van der Waals surface area contributed by atoms with E-state index in [9.17, 15) is 4.79 Å². The molecule has 1 amide bonds. The summed E-state index contributed by atoms with van der Waals surface area (Å²) >= 11 is 0. The summed E-state index contributed by atoms with van der Waals surface area (Å²) in [4.78, 5) is 15.8. The van der Waals surface area contributed by atoms with Gasteiger partial charge in [-0.05, 0) is 31.9 Å². The van der Waals surface area contributed by atoms with Gasteiger partial charge in [0.1, 0.15) is 6.10 Å². The third-order valence-corrected chi connectivity index (χ3v) is 2.78. The molecule has 1 aromatic heterocycles. The minimum atomic E-state index is -0.359. The second kappa shape index (κ2) is 5.25. The topological polar surface area (TPSA) is 71.5 Å². The Labute approximate surface area is 99.8 Å². The van der Waals surface area contributed by atoms with Crippen LogP contribution in [0.4, 0.5) is 5.69 Å². The minimum Gasteiger partial charge on any atom is -0.390 e. The second-order valence-corrected chi connectivity index (χ2v) is 4.20. The maximum absolute atomic E-state index is 11.8. The number of nitrogens with one attached hydrogen (secondary N) is 1. The zero-order valence-electron chi connectivity index (χ0n) is 9.72. The standard InChI is InChI=1S/C12H16N2O3/c1-8-2-5-11(17-8)12(16)14-9-3-4-10(7-15)13-6-9/h3-4,6,8,11,15H,2,5,7H2,1H3,(H,14,16)/t8-,11-/m1/s1. The molecule has 1 aromatic rings. The summed E-state index contributed by atoms with van der Waals surface area (Å²) in [6.07, 6.45) is 3.00. The van der Waals surface area contributed by atoms with Crippen LogP contribution in [0.15, 0.2) is 18.3 Å². The van der Waals surface area contributed by atoms with Crippen molar-refractivity contribution in [2.24, 2.45) is 0 Å². The van der Waals surface area contributed by atoms with Crippen LogP contribution < -0.4 is 5.32 Å². The molecular weight excluding hydrogens is 220 g/mol. The molecule has 17 heavy (non-hydrogen) atoms. The zero-order valence-corrected chi connectivity index (χ0v) is 9.72. The highest BCUT2D eigenvalue weighted by molar-refractivity contribution is 5.94. The van der Waals surface area contributed by atoms with Crippen LogP contribution in [0.1, 0.15) is 25.5 Å². The number of hydrogen-bond donors (Lipinski definition) is 2. The van der Waals surface area contributed by atoms with Crippen molar-refractivity contribution < 1.29 is 14.6 Å². The van der Waals surface area contributed by atoms with Crippen LogP contribution >= 0.6 is 0 Å². The second-order valence-electron chi connectivity index (χ2n) is 4.20. The van der Waals surface area contributed by atoms with Gasteiger partial charge < -0.3 is 15.2 Å². The van der Waals surface area contributed by atoms with Gasteiger partial charge in [0.25, 0.3) is 5.91 Å². The van der Waals surface area contributed by atoms with Gasteiger partial charge in [0.15, 0.2) is 0 Å². The summed E-state index contributed by atoms with van der Waals surface area (Å²) < 4.78 is 5.47. The molecule has 0 aliphatic carbocycles. The van der Waals surface area contributed by atoms with Crippen LogP contribution in [-0.2, 0) is 16.1 Å². The van der Waals surface area contributed by atoms with Gasteiger partial charge in [-0.15, -0.1) is 0 Å². The molecule has 92 valence electrons. The van der Waals surface area contributed by atoms with E-state index in [-0.39, 0.29) is 24.7 Å². The highest BCUT2D eigenvalue weighted by Gasteiger charge is 2.28. The fraction of sp³-hybridized carbons (Fsp3) is 0.500. The van der Waals surface area contributed by atoms with E-state index < -0.39 is 0 Å². The number of aliphatic hydroxyl groups is 1. The molecular formula is C12H16N2O3. The molecule has 2 rings (SSSR count). The number of anilines is 1. The largest absolute Gasteiger partial charge is 0.390 e. The lowest BCUT2D eigenvalue weighted by Gasteiger charge is -2.11. The Hall–Kier alpha value is -1.46. The summed E-state index contributed by atoms with van der Waals surface area (Å²) in [5, 5.41) is 11.6. The first-order valence-electron chi connectivity index (χ1n) is 5.71. The van der Waals surface area contributed by atoms with Crippen molar-refractivity contribution in [3.63, 3.8) is 0 Å². The van der Waals surface area contributed by atoms with Gasteiger partial charge in [0.2, 0.25) is 0 Å². The molecule has 0 saturated carbocycles. The van der Waals surface area contributed by atoms with Gasteiger partial charge >= 0.3 is 0 Å². The Morgan fingerprint density at radius 2 is 2.41 bits per heavy atom. The van der Waals surface area contributed by atoms with Crippen LogP contribution in [0, 0.1) is 0 Å². The first-order chi connectivity index (χ1) is 8.19. The summed E-state index contributed by atoms with van der Waals surface area (Å²) in [5.41, 5.74) is 1.20. The van der Waals surface area contributed by atoms with Crippen LogP contribution in [0.3, 0.4) is 0 Å². The van der Waals surface area contributed by atoms with Gasteiger partial charge in [-0.3, -0.25) is 9.78 Å². The number of rotatable bonds is 3. The number of carbonyl (C=O) groups is 1. The molecule has 0 bridgehead atoms. The van der Waals surface area contributed by atoms with E-state index >= 15 is 0 Å². The summed E-state index contributed by atoms with van der Waals surface area (Å²) in [6.45, 7) is 1.86. The van der Waals surface area contributed by atoms with Crippen molar-refractivity contribution in [2.45, 2.75) is 38.6 Å². The van der Waals surface area contributed by atoms with Gasteiger partial charge in [0, 0.05) is 0 Å². The lowest BCUT2D eigenvalue weighted by atomic mass is 10.2. The van der Waals surface area contributed by atoms with Crippen LogP contribution in [0.25, 0.3) is 0 Å². The summed E-state index contributed by atoms with van der Waals surface area (Å²) in [5.74, 6) is -0.132. The molecule has 1 saturated heterocycles. The lowest BCUT2D eigenvalue weighted by molar-refractivity contribution is -0.126. The highest BCUT2D eigenvalue weighted by Crippen LogP contribution is 2.20. The molecule has 1 fully saturated rings. The minimum absolute atomic E-state index is 0.0997. The molecule has 0 aromatic carbocycles. The molecule has 5 heteroatoms. The summed E-state index contributed by atoms with van der Waals surface area (Å²) in [7, 11) is 0. The van der Waals surface area contributed by atoms with Crippen molar-refractivity contribution in [1.82, 2.24) is 4.98 Å². The molecule has 1 aliphatic rings. The fourth-order valence-corrected chi connectivity index (χ4v) is 1.81. The van der Waals surface area contributed by atoms with Gasteiger partial charge in [-0.25, -0.2) is 0 Å². The number of amides is 1. The third-order valence-electron chi connectivity index (χ3n) is 2.78. The SMILES string of the molecule is C[C@@H]1CC[C@H](C(=O)Nc2ccc(CO)nc2)O1. The Balaban J connectivity index is 1.93. The fourth-order valence-electron chi connectivity index (χ4n) is 1.81. The van der Waals surface area contributed by atoms with E-state index in [0.717, 1.165) is 12.8 Å². The maximum atomic E-state index is 11.8. The van der Waals surface area contributed by atoms with E-state index in [1.165, 1.54) is 6.20 Å². The molecule has 2 atom stereocenters. The number of ether oxygens (including phenoxy) is 1. The number of pyridine rings is 1. The molecule has 2 N–H and O–H groups in total. The Morgan fingerprint density at radius 1 is 1.59 bits per heavy atom. The quantitative estimate of drug-likeness (QED) is 0.823. The molecule has 0 radical (unpaired) electrons. The number of carbonyl (C=O) groups excluding carboxylic acids is 1. The van der Waals surface area contributed by atoms with Crippen LogP contribution in [-0.4, -0.2) is 28.2 Å². The van der Waals surface area contributed by atoms with Crippen molar-refractivity contribution >= 4 is 11.6 Å². The van der Waals surface area contributed by atoms with E-state index in [1.807, 2.05) is 6.92 Å². The van der Waals surface area contributed by atoms with E-state index in [2.05, 4.69) is 10.3 Å². The highest BCUT2D eigenvalue weighted by atomic mass is 16.5. The number of aliphatic hydroxyl groups excluding tert-OH is 1. The Kier molecular flexibility index (Phi) is 3.71. The van der Waals surface area contributed by atoms with Crippen molar-refractivity contribution in [3.8, 4) is 0 Å². The molecule has 0 unspecified atom stereocenters. The maximum Gasteiger partial charge on any atom is 0.253 e. The van der Waals surface area contributed by atoms with Crippen molar-refractivity contribution in [1.29, 1.82) is 0 Å². The lowest BCUT2D eigenvalue weighted by Crippen LogP contribution is -2.27. The van der Waals surface area contributed by atoms with Gasteiger partial charge in [-0.2, -0.15) is 0 Å². The van der Waals surface area contributed by atoms with E-state index in [4.69, 9.17) is 9.84 Å². The molecule has 5 nitrogen and oxygen atoms in total. The predicted molar refractivity (Wildman–Crippen MR) is 62.4 cm³/mol. The zero-order chi connectivity index (χ0) is 12.3. The first kappa shape index (κ1) is 12.0. The van der Waals surface area contributed by atoms with E-state index in [0.29, 0.717) is 11.4 Å². The van der Waals surface area contributed by atoms with E-state index in [1.54, 1.807) is 12.1 Å². The molecule has 1 aliphatic heterocycles. The Morgan fingerprint density at radius 3 is 2.94 bits per heavy atom. The van der Waals surface area contributed by atoms with Crippen molar-refractivity contribution in [2.75, 3.05) is 5.32 Å². The predicted octanol–water partition coefficient (Wildman–Crippen LogP) is 1.08. The van der Waals surface area contributed by atoms with Gasteiger partial charge in [-0.1, -0.05) is 0 Å². The first-order valence-corrected chi connectivity index (χ1v) is 5.71.